The van der Waals surface area contributed by atoms with Gasteiger partial charge in [-0.15, -0.1) is 0 Å². The van der Waals surface area contributed by atoms with Gasteiger partial charge in [0.15, 0.2) is 12.0 Å². The lowest BCUT2D eigenvalue weighted by Crippen LogP contribution is -2.37. The number of rotatable bonds is 3. The molecule has 3 aliphatic rings. The minimum absolute atomic E-state index is 0.0768. The summed E-state index contributed by atoms with van der Waals surface area (Å²) < 4.78 is 22.8. The van der Waals surface area contributed by atoms with E-state index in [-0.39, 0.29) is 18.7 Å². The summed E-state index contributed by atoms with van der Waals surface area (Å²) in [5.41, 5.74) is 8.65. The van der Waals surface area contributed by atoms with Gasteiger partial charge in [0.05, 0.1) is 0 Å². The van der Waals surface area contributed by atoms with Crippen LogP contribution in [-0.2, 0) is 23.7 Å². The van der Waals surface area contributed by atoms with E-state index in [0.29, 0.717) is 0 Å². The Morgan fingerprint density at radius 3 is 2.71 bits per heavy atom. The molecule has 0 bridgehead atoms. The van der Waals surface area contributed by atoms with Crippen molar-refractivity contribution in [2.45, 2.75) is 69.4 Å². The number of hydrogen-bond donors (Lipinski definition) is 0. The molecule has 0 radical (unpaired) electrons. The van der Waals surface area contributed by atoms with Gasteiger partial charge < -0.3 is 18.9 Å². The molecule has 0 unspecified atom stereocenters. The quantitative estimate of drug-likeness (QED) is 0.343. The highest BCUT2D eigenvalue weighted by atomic mass is 16.8. The van der Waals surface area contributed by atoms with E-state index in [0.717, 1.165) is 25.7 Å². The van der Waals surface area contributed by atoms with Crippen molar-refractivity contribution in [2.24, 2.45) is 5.11 Å². The van der Waals surface area contributed by atoms with Crippen molar-refractivity contribution >= 4 is 5.97 Å². The van der Waals surface area contributed by atoms with E-state index < -0.39 is 24.2 Å². The molecular weight excluding hydrogens is 278 g/mol. The standard InChI is InChI=1S/C13H19N3O5/c1-8(17)18-7-9-10-11(12(19-9)15-16-14)21-13(20-10)5-3-2-4-6-13/h9-12H,2-7H2,1H3/t9-,10-,11-,12+/m1/s1. The first-order valence-electron chi connectivity index (χ1n) is 7.32. The largest absolute Gasteiger partial charge is 0.463 e. The highest BCUT2D eigenvalue weighted by Gasteiger charge is 2.58. The fraction of sp³-hybridized carbons (Fsp3) is 0.923. The molecule has 1 aliphatic carbocycles. The Morgan fingerprint density at radius 1 is 1.33 bits per heavy atom. The SMILES string of the molecule is CC(=O)OC[C@H]1O[C@H](N=[N+]=[N-])[C@@H]2OC3(CCCCC3)O[C@@H]21. The van der Waals surface area contributed by atoms with Crippen molar-refractivity contribution in [1.29, 1.82) is 0 Å². The number of hydrogen-bond acceptors (Lipinski definition) is 6. The van der Waals surface area contributed by atoms with Crippen LogP contribution in [0.2, 0.25) is 0 Å². The van der Waals surface area contributed by atoms with Crippen LogP contribution in [0.15, 0.2) is 5.11 Å². The molecule has 1 saturated carbocycles. The summed E-state index contributed by atoms with van der Waals surface area (Å²) in [5.74, 6) is -0.969. The molecule has 0 aromatic heterocycles. The van der Waals surface area contributed by atoms with E-state index in [1.807, 2.05) is 0 Å². The first-order chi connectivity index (χ1) is 10.1. The second-order valence-electron chi connectivity index (χ2n) is 5.71. The molecule has 4 atom stereocenters. The average molecular weight is 297 g/mol. The van der Waals surface area contributed by atoms with Crippen LogP contribution in [0.1, 0.15) is 39.0 Å². The lowest BCUT2D eigenvalue weighted by Gasteiger charge is -2.33. The predicted molar refractivity (Wildman–Crippen MR) is 70.0 cm³/mol. The number of azide groups is 1. The zero-order valence-corrected chi connectivity index (χ0v) is 11.9. The van der Waals surface area contributed by atoms with Gasteiger partial charge >= 0.3 is 5.97 Å². The van der Waals surface area contributed by atoms with Crippen molar-refractivity contribution in [1.82, 2.24) is 0 Å². The molecule has 21 heavy (non-hydrogen) atoms. The van der Waals surface area contributed by atoms with E-state index >= 15 is 0 Å². The van der Waals surface area contributed by atoms with Crippen LogP contribution >= 0.6 is 0 Å². The third-order valence-electron chi connectivity index (χ3n) is 4.22. The van der Waals surface area contributed by atoms with Gasteiger partial charge in [-0.05, 0) is 18.4 Å². The molecule has 0 N–H and O–H groups in total. The zero-order chi connectivity index (χ0) is 14.9. The molecule has 0 amide bonds. The van der Waals surface area contributed by atoms with E-state index in [1.54, 1.807) is 0 Å². The maximum Gasteiger partial charge on any atom is 0.302 e. The Hall–Kier alpha value is -1.34. The number of carbonyl (C=O) groups excluding carboxylic acids is 1. The third kappa shape index (κ3) is 2.85. The van der Waals surface area contributed by atoms with Crippen LogP contribution in [0, 0.1) is 0 Å². The lowest BCUT2D eigenvalue weighted by atomic mass is 9.94. The van der Waals surface area contributed by atoms with E-state index in [1.165, 1.54) is 13.3 Å². The molecule has 3 rings (SSSR count). The number of ether oxygens (including phenoxy) is 4. The van der Waals surface area contributed by atoms with Crippen molar-refractivity contribution in [3.05, 3.63) is 10.4 Å². The number of carbonyl (C=O) groups is 1. The van der Waals surface area contributed by atoms with Crippen molar-refractivity contribution in [2.75, 3.05) is 6.61 Å². The third-order valence-corrected chi connectivity index (χ3v) is 4.22. The van der Waals surface area contributed by atoms with Crippen LogP contribution in [0.3, 0.4) is 0 Å². The predicted octanol–water partition coefficient (Wildman–Crippen LogP) is 2.03. The molecule has 2 saturated heterocycles. The molecule has 3 fully saturated rings. The minimum Gasteiger partial charge on any atom is -0.463 e. The van der Waals surface area contributed by atoms with Crippen molar-refractivity contribution < 1.29 is 23.7 Å². The molecule has 2 aliphatic heterocycles. The van der Waals surface area contributed by atoms with Gasteiger partial charge in [0.25, 0.3) is 0 Å². The Morgan fingerprint density at radius 2 is 2.05 bits per heavy atom. The minimum atomic E-state index is -0.734. The highest BCUT2D eigenvalue weighted by Crippen LogP contribution is 2.46. The van der Waals surface area contributed by atoms with E-state index in [9.17, 15) is 4.79 Å². The maximum atomic E-state index is 11.0. The summed E-state index contributed by atoms with van der Waals surface area (Å²) in [5, 5.41) is 3.63. The molecule has 1 spiro atoms. The van der Waals surface area contributed by atoms with Gasteiger partial charge in [-0.25, -0.2) is 0 Å². The van der Waals surface area contributed by atoms with Crippen molar-refractivity contribution in [3.63, 3.8) is 0 Å². The summed E-state index contributed by atoms with van der Waals surface area (Å²) in [6, 6.07) is 0. The van der Waals surface area contributed by atoms with Crippen LogP contribution in [0.4, 0.5) is 0 Å². The second kappa shape index (κ2) is 5.81. The molecule has 8 heteroatoms. The molecular formula is C13H19N3O5. The summed E-state index contributed by atoms with van der Waals surface area (Å²) in [6.07, 6.45) is 2.97. The van der Waals surface area contributed by atoms with Crippen molar-refractivity contribution in [3.8, 4) is 0 Å². The first-order valence-corrected chi connectivity index (χ1v) is 7.32. The van der Waals surface area contributed by atoms with E-state index in [4.69, 9.17) is 24.5 Å². The smallest absolute Gasteiger partial charge is 0.302 e. The summed E-state index contributed by atoms with van der Waals surface area (Å²) in [7, 11) is 0. The van der Waals surface area contributed by atoms with Gasteiger partial charge in [0.1, 0.15) is 24.9 Å². The lowest BCUT2D eigenvalue weighted by molar-refractivity contribution is -0.226. The fourth-order valence-corrected chi connectivity index (χ4v) is 3.30. The van der Waals surface area contributed by atoms with Crippen LogP contribution in [-0.4, -0.2) is 42.9 Å². The normalized spacial score (nSPS) is 37.0. The number of nitrogens with zero attached hydrogens (tertiary/aromatic N) is 3. The Kier molecular flexibility index (Phi) is 4.03. The van der Waals surface area contributed by atoms with Gasteiger partial charge in [-0.3, -0.25) is 4.79 Å². The molecule has 2 heterocycles. The Labute approximate surface area is 122 Å². The zero-order valence-electron chi connectivity index (χ0n) is 11.9. The fourth-order valence-electron chi connectivity index (χ4n) is 3.30. The highest BCUT2D eigenvalue weighted by molar-refractivity contribution is 5.65. The van der Waals surface area contributed by atoms with Gasteiger partial charge in [0.2, 0.25) is 0 Å². The number of esters is 1. The van der Waals surface area contributed by atoms with Gasteiger partial charge in [-0.2, -0.15) is 0 Å². The van der Waals surface area contributed by atoms with Crippen LogP contribution in [0.5, 0.6) is 0 Å². The molecule has 116 valence electrons. The van der Waals surface area contributed by atoms with Gasteiger partial charge in [0, 0.05) is 24.7 Å². The number of fused-ring (bicyclic) bond motifs is 1. The molecule has 0 aromatic rings. The molecule has 0 aromatic carbocycles. The topological polar surface area (TPSA) is 103 Å². The summed E-state index contributed by atoms with van der Waals surface area (Å²) in [4.78, 5) is 13.8. The Balaban J connectivity index is 1.74. The summed E-state index contributed by atoms with van der Waals surface area (Å²) >= 11 is 0. The summed E-state index contributed by atoms with van der Waals surface area (Å²) in [6.45, 7) is 1.42. The van der Waals surface area contributed by atoms with Crippen LogP contribution < -0.4 is 0 Å². The monoisotopic (exact) mass is 297 g/mol. The first kappa shape index (κ1) is 14.6. The van der Waals surface area contributed by atoms with Gasteiger partial charge in [-0.1, -0.05) is 11.5 Å². The Bertz CT molecular complexity index is 459. The van der Waals surface area contributed by atoms with E-state index in [2.05, 4.69) is 10.0 Å². The second-order valence-corrected chi connectivity index (χ2v) is 5.71. The average Bonchev–Trinajstić information content (AvgIpc) is 2.95. The van der Waals surface area contributed by atoms with Crippen LogP contribution in [0.25, 0.3) is 10.4 Å². The molecule has 8 nitrogen and oxygen atoms in total. The maximum absolute atomic E-state index is 11.0.